The van der Waals surface area contributed by atoms with Crippen LogP contribution in [0.2, 0.25) is 0 Å². The van der Waals surface area contributed by atoms with E-state index >= 15 is 0 Å². The molecule has 1 amide bonds. The average Bonchev–Trinajstić information content (AvgIpc) is 2.42. The van der Waals surface area contributed by atoms with Crippen LogP contribution in [0.3, 0.4) is 0 Å². The van der Waals surface area contributed by atoms with Gasteiger partial charge in [0, 0.05) is 24.9 Å². The Morgan fingerprint density at radius 2 is 2.32 bits per heavy atom. The van der Waals surface area contributed by atoms with E-state index in [1.54, 1.807) is 0 Å². The molecule has 0 spiro atoms. The molecule has 1 aliphatic heterocycles. The first-order chi connectivity index (χ1) is 9.16. The summed E-state index contributed by atoms with van der Waals surface area (Å²) in [6, 6.07) is 8.13. The van der Waals surface area contributed by atoms with Gasteiger partial charge in [0.1, 0.15) is 5.75 Å². The molecule has 0 fully saturated rings. The third kappa shape index (κ3) is 3.96. The van der Waals surface area contributed by atoms with Crippen LogP contribution in [0.1, 0.15) is 37.7 Å². The van der Waals surface area contributed by atoms with Gasteiger partial charge in [0.25, 0.3) is 0 Å². The summed E-state index contributed by atoms with van der Waals surface area (Å²) in [5.74, 6) is 1.38. The Morgan fingerprint density at radius 1 is 1.53 bits per heavy atom. The number of hydrogen-bond donors (Lipinski definition) is 2. The third-order valence-corrected chi connectivity index (χ3v) is 3.46. The van der Waals surface area contributed by atoms with E-state index in [-0.39, 0.29) is 11.9 Å². The molecule has 1 aromatic carbocycles. The van der Waals surface area contributed by atoms with Crippen molar-refractivity contribution in [3.63, 3.8) is 0 Å². The topological polar surface area (TPSA) is 64.4 Å². The van der Waals surface area contributed by atoms with Gasteiger partial charge < -0.3 is 15.8 Å². The van der Waals surface area contributed by atoms with Gasteiger partial charge in [0.05, 0.1) is 6.61 Å². The Hall–Kier alpha value is -1.55. The number of carbonyl (C=O) groups is 1. The number of nitrogens with two attached hydrogens (primary N) is 1. The minimum atomic E-state index is 0.0783. The van der Waals surface area contributed by atoms with Crippen molar-refractivity contribution in [1.82, 2.24) is 5.32 Å². The number of hydrogen-bond acceptors (Lipinski definition) is 3. The van der Waals surface area contributed by atoms with E-state index in [0.717, 1.165) is 25.2 Å². The molecule has 1 aromatic rings. The largest absolute Gasteiger partial charge is 0.493 e. The van der Waals surface area contributed by atoms with Crippen LogP contribution in [0, 0.1) is 0 Å². The zero-order valence-electron chi connectivity index (χ0n) is 11.4. The molecule has 0 aliphatic carbocycles. The number of amides is 1. The number of para-hydroxylation sites is 1. The molecule has 0 saturated carbocycles. The third-order valence-electron chi connectivity index (χ3n) is 3.46. The lowest BCUT2D eigenvalue weighted by molar-refractivity contribution is -0.121. The predicted molar refractivity (Wildman–Crippen MR) is 75.2 cm³/mol. The smallest absolute Gasteiger partial charge is 0.220 e. The Balaban J connectivity index is 1.86. The molecule has 1 heterocycles. The molecule has 0 bridgehead atoms. The maximum Gasteiger partial charge on any atom is 0.220 e. The lowest BCUT2D eigenvalue weighted by Gasteiger charge is -2.26. The van der Waals surface area contributed by atoms with Crippen LogP contribution >= 0.6 is 0 Å². The number of ether oxygens (including phenoxy) is 1. The molecule has 19 heavy (non-hydrogen) atoms. The van der Waals surface area contributed by atoms with Crippen molar-refractivity contribution in [2.45, 2.75) is 38.1 Å². The Morgan fingerprint density at radius 3 is 3.11 bits per heavy atom. The Bertz CT molecular complexity index is 432. The van der Waals surface area contributed by atoms with E-state index in [4.69, 9.17) is 10.5 Å². The van der Waals surface area contributed by atoms with E-state index in [2.05, 4.69) is 11.4 Å². The fourth-order valence-corrected chi connectivity index (χ4v) is 2.31. The lowest BCUT2D eigenvalue weighted by atomic mass is 9.93. The monoisotopic (exact) mass is 262 g/mol. The Kier molecular flexibility index (Phi) is 4.80. The van der Waals surface area contributed by atoms with E-state index in [1.807, 2.05) is 25.1 Å². The summed E-state index contributed by atoms with van der Waals surface area (Å²) in [6.07, 6.45) is 2.18. The van der Waals surface area contributed by atoms with Crippen LogP contribution in [0.5, 0.6) is 5.75 Å². The molecule has 0 saturated heterocycles. The number of rotatable bonds is 5. The number of carbonyl (C=O) groups excluding carboxylic acids is 1. The van der Waals surface area contributed by atoms with Crippen LogP contribution < -0.4 is 15.8 Å². The summed E-state index contributed by atoms with van der Waals surface area (Å²) in [7, 11) is 0. The first-order valence-corrected chi connectivity index (χ1v) is 6.91. The number of fused-ring (bicyclic) bond motifs is 1. The van der Waals surface area contributed by atoms with Crippen molar-refractivity contribution in [2.24, 2.45) is 5.73 Å². The summed E-state index contributed by atoms with van der Waals surface area (Å²) in [4.78, 5) is 11.7. The van der Waals surface area contributed by atoms with Crippen LogP contribution in [-0.4, -0.2) is 25.1 Å². The van der Waals surface area contributed by atoms with Crippen molar-refractivity contribution < 1.29 is 9.53 Å². The van der Waals surface area contributed by atoms with Crippen LogP contribution in [0.15, 0.2) is 24.3 Å². The van der Waals surface area contributed by atoms with Crippen molar-refractivity contribution in [1.29, 1.82) is 0 Å². The first-order valence-electron chi connectivity index (χ1n) is 6.91. The Labute approximate surface area is 114 Å². The highest BCUT2D eigenvalue weighted by molar-refractivity contribution is 5.76. The average molecular weight is 262 g/mol. The van der Waals surface area contributed by atoms with Crippen LogP contribution in [-0.2, 0) is 4.79 Å². The van der Waals surface area contributed by atoms with Crippen molar-refractivity contribution in [2.75, 3.05) is 13.2 Å². The number of nitrogens with one attached hydrogen (secondary N) is 1. The van der Waals surface area contributed by atoms with Crippen molar-refractivity contribution >= 4 is 5.91 Å². The second-order valence-corrected chi connectivity index (χ2v) is 5.19. The van der Waals surface area contributed by atoms with Gasteiger partial charge in [0.15, 0.2) is 0 Å². The van der Waals surface area contributed by atoms with Gasteiger partial charge in [-0.2, -0.15) is 0 Å². The molecule has 0 radical (unpaired) electrons. The summed E-state index contributed by atoms with van der Waals surface area (Å²) < 4.78 is 5.61. The maximum atomic E-state index is 11.7. The molecule has 3 N–H and O–H groups in total. The molecule has 4 heteroatoms. The van der Waals surface area contributed by atoms with Crippen molar-refractivity contribution in [3.05, 3.63) is 29.8 Å². The van der Waals surface area contributed by atoms with E-state index in [1.165, 1.54) is 5.56 Å². The molecule has 4 nitrogen and oxygen atoms in total. The van der Waals surface area contributed by atoms with E-state index < -0.39 is 0 Å². The van der Waals surface area contributed by atoms with Gasteiger partial charge in [-0.3, -0.25) is 4.79 Å². The zero-order valence-corrected chi connectivity index (χ0v) is 11.4. The summed E-state index contributed by atoms with van der Waals surface area (Å²) in [5, 5.41) is 3.00. The summed E-state index contributed by atoms with van der Waals surface area (Å²) in [5.41, 5.74) is 6.84. The quantitative estimate of drug-likeness (QED) is 0.850. The van der Waals surface area contributed by atoms with Crippen molar-refractivity contribution in [3.8, 4) is 5.75 Å². The zero-order chi connectivity index (χ0) is 13.7. The highest BCUT2D eigenvalue weighted by Gasteiger charge is 2.21. The van der Waals surface area contributed by atoms with E-state index in [9.17, 15) is 4.79 Å². The maximum absolute atomic E-state index is 11.7. The molecular formula is C15H22N2O2. The fraction of sp³-hybridized carbons (Fsp3) is 0.533. The predicted octanol–water partition coefficient (Wildman–Crippen LogP) is 1.80. The SMILES string of the molecule is CC(N)CCC(=O)NCC1CCOc2ccccc21. The molecular weight excluding hydrogens is 240 g/mol. The minimum absolute atomic E-state index is 0.0783. The van der Waals surface area contributed by atoms with Gasteiger partial charge in [-0.05, 0) is 31.4 Å². The van der Waals surface area contributed by atoms with Gasteiger partial charge in [-0.1, -0.05) is 18.2 Å². The summed E-state index contributed by atoms with van der Waals surface area (Å²) >= 11 is 0. The molecule has 2 unspecified atom stereocenters. The molecule has 2 atom stereocenters. The van der Waals surface area contributed by atoms with Gasteiger partial charge >= 0.3 is 0 Å². The second kappa shape index (κ2) is 6.57. The minimum Gasteiger partial charge on any atom is -0.493 e. The highest BCUT2D eigenvalue weighted by atomic mass is 16.5. The first kappa shape index (κ1) is 13.9. The normalized spacial score (nSPS) is 19.2. The lowest BCUT2D eigenvalue weighted by Crippen LogP contribution is -2.31. The standard InChI is InChI=1S/C15H22N2O2/c1-11(16)6-7-15(18)17-10-12-8-9-19-14-5-3-2-4-13(12)14/h2-5,11-12H,6-10,16H2,1H3,(H,17,18). The van der Waals surface area contributed by atoms with Gasteiger partial charge in [0.2, 0.25) is 5.91 Å². The fourth-order valence-electron chi connectivity index (χ4n) is 2.31. The van der Waals surface area contributed by atoms with Gasteiger partial charge in [-0.25, -0.2) is 0 Å². The molecule has 104 valence electrons. The highest BCUT2D eigenvalue weighted by Crippen LogP contribution is 2.32. The van der Waals surface area contributed by atoms with Crippen LogP contribution in [0.4, 0.5) is 0 Å². The molecule has 2 rings (SSSR count). The second-order valence-electron chi connectivity index (χ2n) is 5.19. The van der Waals surface area contributed by atoms with Crippen LogP contribution in [0.25, 0.3) is 0 Å². The summed E-state index contributed by atoms with van der Waals surface area (Å²) in [6.45, 7) is 3.32. The molecule has 0 aromatic heterocycles. The molecule has 1 aliphatic rings. The van der Waals surface area contributed by atoms with Gasteiger partial charge in [-0.15, -0.1) is 0 Å². The van der Waals surface area contributed by atoms with E-state index in [0.29, 0.717) is 18.9 Å². The number of benzene rings is 1.